The topological polar surface area (TPSA) is 79.2 Å². The van der Waals surface area contributed by atoms with Gasteiger partial charge in [0.2, 0.25) is 0 Å². The Morgan fingerprint density at radius 3 is 2.50 bits per heavy atom. The molecule has 0 aliphatic carbocycles. The Morgan fingerprint density at radius 2 is 1.95 bits per heavy atom. The zero-order chi connectivity index (χ0) is 14.8. The van der Waals surface area contributed by atoms with Crippen LogP contribution in [0.3, 0.4) is 0 Å². The summed E-state index contributed by atoms with van der Waals surface area (Å²) in [7, 11) is 0. The van der Waals surface area contributed by atoms with Gasteiger partial charge in [-0.25, -0.2) is 0 Å². The highest BCUT2D eigenvalue weighted by molar-refractivity contribution is 5.19. The van der Waals surface area contributed by atoms with Crippen LogP contribution in [0.5, 0.6) is 0 Å². The molecule has 1 aliphatic heterocycles. The third-order valence-corrected chi connectivity index (χ3v) is 3.48. The van der Waals surface area contributed by atoms with Crippen LogP contribution in [0.2, 0.25) is 0 Å². The van der Waals surface area contributed by atoms with E-state index in [1.807, 2.05) is 44.2 Å². The number of hydrogen-bond acceptors (Lipinski definition) is 5. The van der Waals surface area contributed by atoms with E-state index in [4.69, 9.17) is 9.47 Å². The molecule has 1 aliphatic rings. The Labute approximate surface area is 118 Å². The van der Waals surface area contributed by atoms with Gasteiger partial charge in [0.15, 0.2) is 6.29 Å². The van der Waals surface area contributed by atoms with E-state index in [1.54, 1.807) is 0 Å². The van der Waals surface area contributed by atoms with Crippen molar-refractivity contribution in [3.05, 3.63) is 35.9 Å². The summed E-state index contributed by atoms with van der Waals surface area (Å²) in [5.74, 6) is 0. The minimum Gasteiger partial charge on any atom is -0.394 e. The minimum absolute atomic E-state index is 0.160. The zero-order valence-corrected chi connectivity index (χ0v) is 11.8. The van der Waals surface area contributed by atoms with Gasteiger partial charge in [0, 0.05) is 6.42 Å². The zero-order valence-electron chi connectivity index (χ0n) is 11.8. The van der Waals surface area contributed by atoms with Gasteiger partial charge in [-0.1, -0.05) is 30.3 Å². The Bertz CT molecular complexity index is 422. The summed E-state index contributed by atoms with van der Waals surface area (Å²) in [5.41, 5.74) is -0.701. The van der Waals surface area contributed by atoms with Crippen LogP contribution in [0.1, 0.15) is 19.4 Å². The quantitative estimate of drug-likeness (QED) is 0.731. The van der Waals surface area contributed by atoms with E-state index in [0.29, 0.717) is 0 Å². The normalized spacial score (nSPS) is 33.8. The van der Waals surface area contributed by atoms with Crippen molar-refractivity contribution in [2.24, 2.45) is 0 Å². The molecule has 1 aromatic carbocycles. The number of hydrogen-bond donors (Lipinski definition) is 3. The fourth-order valence-corrected chi connectivity index (χ4v) is 2.46. The molecule has 4 atom stereocenters. The lowest BCUT2D eigenvalue weighted by molar-refractivity contribution is -0.221. The Kier molecular flexibility index (Phi) is 4.78. The predicted molar refractivity (Wildman–Crippen MR) is 73.1 cm³/mol. The van der Waals surface area contributed by atoms with Crippen LogP contribution < -0.4 is 0 Å². The molecule has 20 heavy (non-hydrogen) atoms. The minimum atomic E-state index is -1.57. The maximum absolute atomic E-state index is 10.8. The molecular formula is C15H22O5. The Balaban J connectivity index is 2.22. The van der Waals surface area contributed by atoms with E-state index in [-0.39, 0.29) is 19.1 Å². The van der Waals surface area contributed by atoms with Crippen LogP contribution in [-0.2, 0) is 15.9 Å². The summed E-state index contributed by atoms with van der Waals surface area (Å²) < 4.78 is 11.0. The van der Waals surface area contributed by atoms with E-state index < -0.39 is 24.1 Å². The third-order valence-electron chi connectivity index (χ3n) is 3.48. The molecule has 1 heterocycles. The summed E-state index contributed by atoms with van der Waals surface area (Å²) in [4.78, 5) is 0. The summed E-state index contributed by atoms with van der Waals surface area (Å²) in [6.45, 7) is 3.28. The second kappa shape index (κ2) is 6.20. The molecule has 5 heteroatoms. The van der Waals surface area contributed by atoms with Crippen molar-refractivity contribution in [3.8, 4) is 0 Å². The number of ether oxygens (including phenoxy) is 2. The highest BCUT2D eigenvalue weighted by atomic mass is 16.7. The van der Waals surface area contributed by atoms with Crippen molar-refractivity contribution >= 4 is 0 Å². The molecule has 0 aromatic heterocycles. The molecular weight excluding hydrogens is 260 g/mol. The molecule has 0 spiro atoms. The molecule has 3 N–H and O–H groups in total. The van der Waals surface area contributed by atoms with Crippen LogP contribution in [0.4, 0.5) is 0 Å². The maximum atomic E-state index is 10.8. The van der Waals surface area contributed by atoms with Crippen LogP contribution in [0.25, 0.3) is 0 Å². The first-order valence-electron chi connectivity index (χ1n) is 6.83. The first-order chi connectivity index (χ1) is 9.47. The smallest absolute Gasteiger partial charge is 0.190 e. The number of aliphatic hydroxyl groups excluding tert-OH is 2. The molecule has 0 radical (unpaired) electrons. The van der Waals surface area contributed by atoms with Gasteiger partial charge in [0.1, 0.15) is 17.8 Å². The molecule has 0 unspecified atom stereocenters. The average molecular weight is 282 g/mol. The third kappa shape index (κ3) is 3.02. The molecule has 112 valence electrons. The summed E-state index contributed by atoms with van der Waals surface area (Å²) in [6.07, 6.45) is -2.96. The lowest BCUT2D eigenvalue weighted by Crippen LogP contribution is -2.51. The van der Waals surface area contributed by atoms with Gasteiger partial charge in [-0.05, 0) is 19.4 Å². The molecule has 1 saturated heterocycles. The van der Waals surface area contributed by atoms with E-state index in [0.717, 1.165) is 5.56 Å². The Hall–Kier alpha value is -0.980. The van der Waals surface area contributed by atoms with Gasteiger partial charge in [-0.2, -0.15) is 0 Å². The van der Waals surface area contributed by atoms with Crippen LogP contribution in [0.15, 0.2) is 30.3 Å². The first-order valence-corrected chi connectivity index (χ1v) is 6.83. The second-order valence-electron chi connectivity index (χ2n) is 5.47. The van der Waals surface area contributed by atoms with E-state index in [9.17, 15) is 15.3 Å². The van der Waals surface area contributed by atoms with Crippen LogP contribution in [0, 0.1) is 0 Å². The Morgan fingerprint density at radius 1 is 1.30 bits per heavy atom. The highest BCUT2D eigenvalue weighted by Gasteiger charge is 2.56. The first kappa shape index (κ1) is 15.4. The van der Waals surface area contributed by atoms with Gasteiger partial charge in [-0.15, -0.1) is 0 Å². The van der Waals surface area contributed by atoms with Crippen molar-refractivity contribution in [1.82, 2.24) is 0 Å². The van der Waals surface area contributed by atoms with E-state index >= 15 is 0 Å². The average Bonchev–Trinajstić information content (AvgIpc) is 2.64. The van der Waals surface area contributed by atoms with Crippen molar-refractivity contribution in [1.29, 1.82) is 0 Å². The molecule has 1 fully saturated rings. The van der Waals surface area contributed by atoms with Crippen molar-refractivity contribution in [3.63, 3.8) is 0 Å². The standard InChI is InChI=1S/C15H22O5/c1-10(2)19-14-15(18,13(17)12(9-16)20-14)8-11-6-4-3-5-7-11/h3-7,10,12-14,16-18H,8-9H2,1-2H3/t12-,13-,14+,15+/m1/s1. The van der Waals surface area contributed by atoms with Crippen LogP contribution in [-0.4, -0.2) is 52.1 Å². The fourth-order valence-electron chi connectivity index (χ4n) is 2.46. The van der Waals surface area contributed by atoms with E-state index in [2.05, 4.69) is 0 Å². The molecule has 1 aromatic rings. The van der Waals surface area contributed by atoms with E-state index in [1.165, 1.54) is 0 Å². The van der Waals surface area contributed by atoms with Gasteiger partial charge in [0.25, 0.3) is 0 Å². The van der Waals surface area contributed by atoms with Gasteiger partial charge >= 0.3 is 0 Å². The largest absolute Gasteiger partial charge is 0.394 e. The van der Waals surface area contributed by atoms with Crippen molar-refractivity contribution in [2.75, 3.05) is 6.61 Å². The van der Waals surface area contributed by atoms with Gasteiger partial charge in [-0.3, -0.25) is 0 Å². The number of benzene rings is 1. The summed E-state index contributed by atoms with van der Waals surface area (Å²) in [5, 5.41) is 30.3. The predicted octanol–water partition coefficient (Wildman–Crippen LogP) is 0.463. The SMILES string of the molecule is CC(C)O[C@H]1O[C@H](CO)[C@@H](O)[C@@]1(O)Cc1ccccc1. The lowest BCUT2D eigenvalue weighted by atomic mass is 9.88. The van der Waals surface area contributed by atoms with Crippen molar-refractivity contribution < 1.29 is 24.8 Å². The molecule has 2 rings (SSSR count). The number of aliphatic hydroxyl groups is 3. The highest BCUT2D eigenvalue weighted by Crippen LogP contribution is 2.35. The fraction of sp³-hybridized carbons (Fsp3) is 0.600. The van der Waals surface area contributed by atoms with Crippen LogP contribution >= 0.6 is 0 Å². The monoisotopic (exact) mass is 282 g/mol. The molecule has 5 nitrogen and oxygen atoms in total. The summed E-state index contributed by atoms with van der Waals surface area (Å²) in [6, 6.07) is 9.34. The number of rotatable bonds is 5. The van der Waals surface area contributed by atoms with Crippen molar-refractivity contribution in [2.45, 2.75) is 50.5 Å². The van der Waals surface area contributed by atoms with Gasteiger partial charge in [0.05, 0.1) is 12.7 Å². The molecule has 0 bridgehead atoms. The second-order valence-corrected chi connectivity index (χ2v) is 5.47. The maximum Gasteiger partial charge on any atom is 0.190 e. The summed E-state index contributed by atoms with van der Waals surface area (Å²) >= 11 is 0. The molecule has 0 saturated carbocycles. The molecule has 0 amide bonds. The lowest BCUT2D eigenvalue weighted by Gasteiger charge is -2.32. The van der Waals surface area contributed by atoms with Gasteiger partial charge < -0.3 is 24.8 Å².